The Balaban J connectivity index is 2.64. The van der Waals surface area contributed by atoms with Crippen LogP contribution in [0.3, 0.4) is 0 Å². The van der Waals surface area contributed by atoms with Crippen LogP contribution in [0.5, 0.6) is 0 Å². The van der Waals surface area contributed by atoms with Gasteiger partial charge in [-0.2, -0.15) is 0 Å². The molecule has 0 aromatic carbocycles. The van der Waals surface area contributed by atoms with E-state index in [1.807, 2.05) is 0 Å². The van der Waals surface area contributed by atoms with Crippen LogP contribution in [0.1, 0.15) is 16.2 Å². The third kappa shape index (κ3) is 2.89. The molecule has 4 nitrogen and oxygen atoms in total. The van der Waals surface area contributed by atoms with Crippen LogP contribution >= 0.6 is 27.3 Å². The first-order valence-corrected chi connectivity index (χ1v) is 4.95. The number of carbonyl (C=O) groups excluding carboxylic acids is 2. The number of ether oxygens (including phenoxy) is 1. The normalized spacial score (nSPS) is 9.69. The Kier molecular flexibility index (Phi) is 3.56. The Morgan fingerprint density at radius 2 is 2.38 bits per heavy atom. The maximum atomic E-state index is 11.3. The van der Waals surface area contributed by atoms with Gasteiger partial charge in [0, 0.05) is 0 Å². The van der Waals surface area contributed by atoms with Gasteiger partial charge >= 0.3 is 5.97 Å². The summed E-state index contributed by atoms with van der Waals surface area (Å²) in [6, 6.07) is 0. The van der Waals surface area contributed by atoms with Gasteiger partial charge in [0.05, 0.1) is 17.1 Å². The van der Waals surface area contributed by atoms with E-state index < -0.39 is 5.97 Å². The molecule has 1 heterocycles. The molecule has 6 heteroatoms. The van der Waals surface area contributed by atoms with Crippen LogP contribution in [0.4, 0.5) is 0 Å². The van der Waals surface area contributed by atoms with Crippen LogP contribution in [0, 0.1) is 0 Å². The molecular weight excluding hydrogens is 258 g/mol. The van der Waals surface area contributed by atoms with Crippen LogP contribution in [-0.4, -0.2) is 23.8 Å². The van der Waals surface area contributed by atoms with Crippen molar-refractivity contribution in [3.8, 4) is 0 Å². The average Bonchev–Trinajstić information content (AvgIpc) is 2.51. The molecule has 0 unspecified atom stereocenters. The third-order valence-corrected chi connectivity index (χ3v) is 2.77. The highest BCUT2D eigenvalue weighted by Gasteiger charge is 2.14. The van der Waals surface area contributed by atoms with Gasteiger partial charge in [0.25, 0.3) is 0 Å². The lowest BCUT2D eigenvalue weighted by atomic mass is 10.3. The van der Waals surface area contributed by atoms with Crippen LogP contribution in [0.2, 0.25) is 0 Å². The maximum absolute atomic E-state index is 11.3. The van der Waals surface area contributed by atoms with E-state index in [4.69, 9.17) is 0 Å². The fourth-order valence-electron chi connectivity index (χ4n) is 0.662. The number of carbonyl (C=O) groups is 2. The second-order valence-electron chi connectivity index (χ2n) is 2.15. The van der Waals surface area contributed by atoms with E-state index in [0.29, 0.717) is 5.01 Å². The van der Waals surface area contributed by atoms with Crippen LogP contribution in [-0.2, 0) is 9.53 Å². The zero-order chi connectivity index (χ0) is 9.84. The Morgan fingerprint density at radius 3 is 2.85 bits per heavy atom. The number of Topliss-reactive ketones (excluding diaryl/α,β-unsaturated/α-hetero) is 1. The first kappa shape index (κ1) is 10.3. The van der Waals surface area contributed by atoms with E-state index in [1.165, 1.54) is 24.6 Å². The van der Waals surface area contributed by atoms with Gasteiger partial charge in [0.2, 0.25) is 5.78 Å². The molecule has 0 radical (unpaired) electrons. The Labute approximate surface area is 87.1 Å². The van der Waals surface area contributed by atoms with E-state index in [0.717, 1.165) is 3.79 Å². The van der Waals surface area contributed by atoms with Gasteiger partial charge in [-0.15, -0.1) is 11.3 Å². The number of hydrogen-bond donors (Lipinski definition) is 0. The molecule has 1 rings (SSSR count). The van der Waals surface area contributed by atoms with Gasteiger partial charge in [0.1, 0.15) is 6.42 Å². The van der Waals surface area contributed by atoms with Gasteiger partial charge in [-0.3, -0.25) is 9.59 Å². The molecule has 0 spiro atoms. The van der Waals surface area contributed by atoms with Crippen molar-refractivity contribution < 1.29 is 14.3 Å². The molecular formula is C7H6BrNO3S. The molecule has 1 aromatic heterocycles. The molecule has 0 amide bonds. The number of aromatic nitrogens is 1. The van der Waals surface area contributed by atoms with Crippen molar-refractivity contribution in [3.05, 3.63) is 15.0 Å². The molecule has 13 heavy (non-hydrogen) atoms. The Hall–Kier alpha value is -0.750. The van der Waals surface area contributed by atoms with Crippen molar-refractivity contribution >= 4 is 39.0 Å². The summed E-state index contributed by atoms with van der Waals surface area (Å²) in [7, 11) is 1.24. The molecule has 0 bridgehead atoms. The monoisotopic (exact) mass is 263 g/mol. The van der Waals surface area contributed by atoms with Crippen molar-refractivity contribution in [3.63, 3.8) is 0 Å². The highest BCUT2D eigenvalue weighted by Crippen LogP contribution is 2.20. The third-order valence-electron chi connectivity index (χ3n) is 1.25. The Bertz CT molecular complexity index is 336. The molecule has 0 saturated carbocycles. The number of nitrogens with zero attached hydrogens (tertiary/aromatic N) is 1. The molecule has 0 saturated heterocycles. The van der Waals surface area contributed by atoms with Crippen molar-refractivity contribution in [2.24, 2.45) is 0 Å². The molecule has 0 atom stereocenters. The lowest BCUT2D eigenvalue weighted by Gasteiger charge is -1.94. The van der Waals surface area contributed by atoms with E-state index in [9.17, 15) is 9.59 Å². The van der Waals surface area contributed by atoms with Gasteiger partial charge in [0.15, 0.2) is 5.01 Å². The molecule has 0 aliphatic heterocycles. The number of ketones is 1. The summed E-state index contributed by atoms with van der Waals surface area (Å²) in [4.78, 5) is 25.8. The minimum atomic E-state index is -0.545. The van der Waals surface area contributed by atoms with Crippen molar-refractivity contribution in [1.82, 2.24) is 4.98 Å². The highest BCUT2D eigenvalue weighted by atomic mass is 79.9. The van der Waals surface area contributed by atoms with Crippen LogP contribution in [0.25, 0.3) is 0 Å². The lowest BCUT2D eigenvalue weighted by molar-refractivity contribution is -0.139. The van der Waals surface area contributed by atoms with E-state index in [-0.39, 0.29) is 12.2 Å². The largest absolute Gasteiger partial charge is 0.469 e. The molecule has 70 valence electrons. The summed E-state index contributed by atoms with van der Waals surface area (Å²) in [5, 5.41) is 0.317. The Morgan fingerprint density at radius 1 is 1.69 bits per heavy atom. The number of hydrogen-bond acceptors (Lipinski definition) is 5. The molecule has 0 aliphatic rings. The van der Waals surface area contributed by atoms with Gasteiger partial charge in [-0.05, 0) is 15.9 Å². The predicted octanol–water partition coefficient (Wildman–Crippen LogP) is 1.65. The van der Waals surface area contributed by atoms with Crippen molar-refractivity contribution in [2.45, 2.75) is 6.42 Å². The van der Waals surface area contributed by atoms with Crippen LogP contribution < -0.4 is 0 Å². The SMILES string of the molecule is COC(=O)CC(=O)c1ncc(Br)s1. The zero-order valence-corrected chi connectivity index (χ0v) is 9.15. The minimum absolute atomic E-state index is 0.254. The van der Waals surface area contributed by atoms with Crippen molar-refractivity contribution in [1.29, 1.82) is 0 Å². The highest BCUT2D eigenvalue weighted by molar-refractivity contribution is 9.11. The fraction of sp³-hybridized carbons (Fsp3) is 0.286. The maximum Gasteiger partial charge on any atom is 0.313 e. The molecule has 0 fully saturated rings. The lowest BCUT2D eigenvalue weighted by Crippen LogP contribution is -2.08. The summed E-state index contributed by atoms with van der Waals surface area (Å²) in [6.07, 6.45) is 1.27. The van der Waals surface area contributed by atoms with Crippen LogP contribution in [0.15, 0.2) is 9.98 Å². The summed E-state index contributed by atoms with van der Waals surface area (Å²) >= 11 is 4.37. The summed E-state index contributed by atoms with van der Waals surface area (Å²) in [5.41, 5.74) is 0. The zero-order valence-electron chi connectivity index (χ0n) is 6.74. The molecule has 0 N–H and O–H groups in total. The smallest absolute Gasteiger partial charge is 0.313 e. The molecule has 0 aliphatic carbocycles. The minimum Gasteiger partial charge on any atom is -0.469 e. The number of rotatable bonds is 3. The van der Waals surface area contributed by atoms with E-state index in [1.54, 1.807) is 0 Å². The summed E-state index contributed by atoms with van der Waals surface area (Å²) in [6.45, 7) is 0. The molecule has 1 aromatic rings. The van der Waals surface area contributed by atoms with E-state index in [2.05, 4.69) is 25.7 Å². The van der Waals surface area contributed by atoms with Gasteiger partial charge < -0.3 is 4.74 Å². The first-order chi connectivity index (χ1) is 6.13. The first-order valence-electron chi connectivity index (χ1n) is 3.35. The predicted molar refractivity (Wildman–Crippen MR) is 50.8 cm³/mol. The number of methoxy groups -OCH3 is 1. The fourth-order valence-corrected chi connectivity index (χ4v) is 1.81. The second kappa shape index (κ2) is 4.48. The van der Waals surface area contributed by atoms with Gasteiger partial charge in [-0.1, -0.05) is 0 Å². The average molecular weight is 264 g/mol. The number of thiazole rings is 1. The quantitative estimate of drug-likeness (QED) is 0.473. The number of esters is 1. The number of halogens is 1. The summed E-state index contributed by atoms with van der Waals surface area (Å²) < 4.78 is 5.12. The van der Waals surface area contributed by atoms with Crippen molar-refractivity contribution in [2.75, 3.05) is 7.11 Å². The standard InChI is InChI=1S/C7H6BrNO3S/c1-12-6(11)2-4(10)7-9-3-5(8)13-7/h3H,2H2,1H3. The second-order valence-corrected chi connectivity index (χ2v) is 4.56. The topological polar surface area (TPSA) is 56.3 Å². The van der Waals surface area contributed by atoms with E-state index >= 15 is 0 Å². The van der Waals surface area contributed by atoms with Gasteiger partial charge in [-0.25, -0.2) is 4.98 Å². The summed E-state index contributed by atoms with van der Waals surface area (Å²) in [5.74, 6) is -0.862.